The van der Waals surface area contributed by atoms with E-state index in [1.54, 1.807) is 12.3 Å². The maximum absolute atomic E-state index is 12.9. The molecule has 0 saturated heterocycles. The Morgan fingerprint density at radius 3 is 2.56 bits per heavy atom. The second kappa shape index (κ2) is 5.94. The van der Waals surface area contributed by atoms with Crippen LogP contribution in [-0.2, 0) is 0 Å². The lowest BCUT2D eigenvalue weighted by Gasteiger charge is -2.36. The molecule has 3 heteroatoms. The van der Waals surface area contributed by atoms with Gasteiger partial charge < -0.3 is 10.4 Å². The van der Waals surface area contributed by atoms with Crippen LogP contribution >= 0.6 is 0 Å². The first-order valence-corrected chi connectivity index (χ1v) is 8.06. The van der Waals surface area contributed by atoms with Crippen LogP contribution in [0.4, 0.5) is 5.69 Å². The summed E-state index contributed by atoms with van der Waals surface area (Å²) in [6.45, 7) is 0. The predicted molar refractivity (Wildman–Crippen MR) is 99.4 cm³/mol. The van der Waals surface area contributed by atoms with Gasteiger partial charge in [0, 0.05) is 17.5 Å². The molecule has 1 aliphatic rings. The lowest BCUT2D eigenvalue weighted by Crippen LogP contribution is -2.43. The summed E-state index contributed by atoms with van der Waals surface area (Å²) < 4.78 is 0. The largest absolute Gasteiger partial charge is 0.832 e. The number of hydrogen-bond acceptors (Lipinski definition) is 3. The molecule has 1 aliphatic carbocycles. The van der Waals surface area contributed by atoms with Crippen LogP contribution in [0.3, 0.4) is 0 Å². The van der Waals surface area contributed by atoms with E-state index in [2.05, 4.69) is 11.4 Å². The fourth-order valence-corrected chi connectivity index (χ4v) is 3.10. The SMILES string of the molecule is N#CC1([O-])C=Cc2ccccc2/C1=C/Nc1ccc2ccccc2c1. The van der Waals surface area contributed by atoms with E-state index in [0.717, 1.165) is 27.6 Å². The number of nitrogens with zero attached hydrogens (tertiary/aromatic N) is 1. The van der Waals surface area contributed by atoms with Gasteiger partial charge in [-0.25, -0.2) is 0 Å². The maximum Gasteiger partial charge on any atom is 0.0600 e. The predicted octanol–water partition coefficient (Wildman–Crippen LogP) is 3.94. The van der Waals surface area contributed by atoms with Gasteiger partial charge in [0.15, 0.2) is 0 Å². The van der Waals surface area contributed by atoms with Gasteiger partial charge in [0.25, 0.3) is 0 Å². The van der Waals surface area contributed by atoms with E-state index in [1.165, 1.54) is 6.08 Å². The van der Waals surface area contributed by atoms with Gasteiger partial charge in [0.05, 0.1) is 6.07 Å². The second-order valence-electron chi connectivity index (χ2n) is 6.03. The van der Waals surface area contributed by atoms with Crippen molar-refractivity contribution in [1.29, 1.82) is 5.26 Å². The topological polar surface area (TPSA) is 58.9 Å². The lowest BCUT2D eigenvalue weighted by molar-refractivity contribution is -0.415. The Morgan fingerprint density at radius 2 is 1.72 bits per heavy atom. The Hall–Kier alpha value is -3.35. The summed E-state index contributed by atoms with van der Waals surface area (Å²) in [6.07, 6.45) is 4.80. The van der Waals surface area contributed by atoms with Crippen LogP contribution in [-0.4, -0.2) is 5.60 Å². The minimum absolute atomic E-state index is 0.432. The molecule has 1 unspecified atom stereocenters. The normalized spacial score (nSPS) is 20.2. The van der Waals surface area contributed by atoms with Crippen LogP contribution < -0.4 is 10.4 Å². The average molecular weight is 323 g/mol. The number of anilines is 1. The molecule has 120 valence electrons. The maximum atomic E-state index is 12.9. The van der Waals surface area contributed by atoms with Crippen LogP contribution in [0.25, 0.3) is 22.4 Å². The summed E-state index contributed by atoms with van der Waals surface area (Å²) in [4.78, 5) is 0. The highest BCUT2D eigenvalue weighted by Gasteiger charge is 2.25. The van der Waals surface area contributed by atoms with Gasteiger partial charge in [-0.3, -0.25) is 0 Å². The summed E-state index contributed by atoms with van der Waals surface area (Å²) in [5, 5.41) is 27.7. The average Bonchev–Trinajstić information content (AvgIpc) is 2.67. The summed E-state index contributed by atoms with van der Waals surface area (Å²) in [7, 11) is 0. The van der Waals surface area contributed by atoms with Crippen LogP contribution in [0.15, 0.2) is 79.0 Å². The Bertz CT molecular complexity index is 1060. The van der Waals surface area contributed by atoms with E-state index >= 15 is 0 Å². The standard InChI is InChI=1S/C22H15N2O/c23-15-22(25)12-11-17-6-3-4-8-20(17)21(22)14-24-19-10-9-16-5-1-2-7-18(16)13-19/h1-14,24H/q-1/b21-14-. The molecule has 1 atom stereocenters. The molecule has 4 rings (SSSR count). The number of rotatable bonds is 2. The summed E-state index contributed by atoms with van der Waals surface area (Å²) >= 11 is 0. The molecule has 0 spiro atoms. The molecule has 0 amide bonds. The van der Waals surface area contributed by atoms with Crippen molar-refractivity contribution in [3.8, 4) is 6.07 Å². The molecular weight excluding hydrogens is 308 g/mol. The zero-order valence-corrected chi connectivity index (χ0v) is 13.4. The quantitative estimate of drug-likeness (QED) is 0.777. The van der Waals surface area contributed by atoms with Gasteiger partial charge in [-0.15, -0.1) is 0 Å². The molecule has 3 aromatic carbocycles. The minimum atomic E-state index is -1.89. The third-order valence-corrected chi connectivity index (χ3v) is 4.45. The van der Waals surface area contributed by atoms with E-state index in [1.807, 2.05) is 66.7 Å². The zero-order chi connectivity index (χ0) is 17.3. The Kier molecular flexibility index (Phi) is 3.61. The Labute approximate surface area is 146 Å². The molecule has 0 heterocycles. The molecule has 1 N–H and O–H groups in total. The van der Waals surface area contributed by atoms with Crippen LogP contribution in [0.5, 0.6) is 0 Å². The molecule has 0 bridgehead atoms. The number of fused-ring (bicyclic) bond motifs is 2. The number of nitriles is 1. The van der Waals surface area contributed by atoms with E-state index in [0.29, 0.717) is 5.57 Å². The van der Waals surface area contributed by atoms with Crippen molar-refractivity contribution in [3.63, 3.8) is 0 Å². The highest BCUT2D eigenvalue weighted by molar-refractivity contribution is 5.89. The van der Waals surface area contributed by atoms with Gasteiger partial charge in [0.2, 0.25) is 0 Å². The minimum Gasteiger partial charge on any atom is -0.832 e. The number of nitrogens with one attached hydrogen (secondary N) is 1. The number of benzene rings is 3. The summed E-state index contributed by atoms with van der Waals surface area (Å²) in [6, 6.07) is 23.6. The summed E-state index contributed by atoms with van der Waals surface area (Å²) in [5.74, 6) is 0. The van der Waals surface area contributed by atoms with E-state index in [4.69, 9.17) is 0 Å². The van der Waals surface area contributed by atoms with Crippen molar-refractivity contribution in [2.45, 2.75) is 5.60 Å². The van der Waals surface area contributed by atoms with Crippen LogP contribution in [0.1, 0.15) is 11.1 Å². The molecule has 3 nitrogen and oxygen atoms in total. The lowest BCUT2D eigenvalue weighted by atomic mass is 9.82. The van der Waals surface area contributed by atoms with E-state index < -0.39 is 5.60 Å². The fraction of sp³-hybridized carbons (Fsp3) is 0.0455. The highest BCUT2D eigenvalue weighted by Crippen LogP contribution is 2.34. The number of hydrogen-bond donors (Lipinski definition) is 1. The van der Waals surface area contributed by atoms with Crippen molar-refractivity contribution in [3.05, 3.63) is 90.1 Å². The van der Waals surface area contributed by atoms with Gasteiger partial charge >= 0.3 is 0 Å². The first-order valence-electron chi connectivity index (χ1n) is 8.06. The smallest absolute Gasteiger partial charge is 0.0600 e. The molecule has 0 aliphatic heterocycles. The fourth-order valence-electron chi connectivity index (χ4n) is 3.10. The first-order chi connectivity index (χ1) is 12.2. The zero-order valence-electron chi connectivity index (χ0n) is 13.4. The van der Waals surface area contributed by atoms with Crippen molar-refractivity contribution in [2.75, 3.05) is 5.32 Å². The molecular formula is C22H15N2O-. The summed E-state index contributed by atoms with van der Waals surface area (Å²) in [5.41, 5.74) is 1.14. The Morgan fingerprint density at radius 1 is 0.960 bits per heavy atom. The van der Waals surface area contributed by atoms with Gasteiger partial charge in [-0.05, 0) is 39.6 Å². The molecule has 0 saturated carbocycles. The molecule has 0 aromatic heterocycles. The first kappa shape index (κ1) is 15.2. The van der Waals surface area contributed by atoms with Crippen molar-refractivity contribution in [2.24, 2.45) is 0 Å². The van der Waals surface area contributed by atoms with Crippen molar-refractivity contribution >= 4 is 28.1 Å². The van der Waals surface area contributed by atoms with E-state index in [9.17, 15) is 10.4 Å². The van der Waals surface area contributed by atoms with Crippen molar-refractivity contribution in [1.82, 2.24) is 0 Å². The second-order valence-corrected chi connectivity index (χ2v) is 6.03. The van der Waals surface area contributed by atoms with Crippen LogP contribution in [0.2, 0.25) is 0 Å². The van der Waals surface area contributed by atoms with E-state index in [-0.39, 0.29) is 0 Å². The molecule has 0 fully saturated rings. The van der Waals surface area contributed by atoms with Gasteiger partial charge in [-0.1, -0.05) is 66.7 Å². The van der Waals surface area contributed by atoms with Gasteiger partial charge in [0.1, 0.15) is 0 Å². The van der Waals surface area contributed by atoms with Gasteiger partial charge in [-0.2, -0.15) is 5.26 Å². The molecule has 25 heavy (non-hydrogen) atoms. The highest BCUT2D eigenvalue weighted by atomic mass is 16.3. The van der Waals surface area contributed by atoms with Crippen molar-refractivity contribution < 1.29 is 5.11 Å². The third-order valence-electron chi connectivity index (χ3n) is 4.45. The Balaban J connectivity index is 1.75. The molecule has 3 aromatic rings. The van der Waals surface area contributed by atoms with Crippen LogP contribution in [0, 0.1) is 11.3 Å². The monoisotopic (exact) mass is 323 g/mol. The third kappa shape index (κ3) is 2.69. The molecule has 0 radical (unpaired) electrons.